The fourth-order valence-electron chi connectivity index (χ4n) is 2.44. The lowest BCUT2D eigenvalue weighted by molar-refractivity contribution is -0.142. The Labute approximate surface area is 128 Å². The average Bonchev–Trinajstić information content (AvgIpc) is 2.96. The predicted octanol–water partition coefficient (Wildman–Crippen LogP) is 1.54. The lowest BCUT2D eigenvalue weighted by Crippen LogP contribution is -2.35. The van der Waals surface area contributed by atoms with Crippen LogP contribution in [0.4, 0.5) is 6.01 Å². The number of hydrogen-bond acceptors (Lipinski definition) is 7. The van der Waals surface area contributed by atoms with Crippen LogP contribution < -0.4 is 15.4 Å². The maximum atomic E-state index is 11.2. The summed E-state index contributed by atoms with van der Waals surface area (Å²) in [4.78, 5) is 15.6. The normalized spacial score (nSPS) is 15.7. The zero-order chi connectivity index (χ0) is 15.4. The van der Waals surface area contributed by atoms with Crippen LogP contribution in [0.25, 0.3) is 11.1 Å². The van der Waals surface area contributed by atoms with Crippen LogP contribution in [0.15, 0.2) is 22.6 Å². The van der Waals surface area contributed by atoms with Gasteiger partial charge in [0, 0.05) is 6.04 Å². The number of oxazole rings is 1. The van der Waals surface area contributed by atoms with Crippen molar-refractivity contribution in [1.82, 2.24) is 10.3 Å². The summed E-state index contributed by atoms with van der Waals surface area (Å²) in [5.41, 5.74) is 1.22. The molecule has 22 heavy (non-hydrogen) atoms. The summed E-state index contributed by atoms with van der Waals surface area (Å²) in [5.74, 6) is 0.0401. The lowest BCUT2D eigenvalue weighted by atomic mass is 10.1. The minimum absolute atomic E-state index is 0.159. The van der Waals surface area contributed by atoms with Gasteiger partial charge < -0.3 is 24.5 Å². The molecule has 0 amide bonds. The first kappa shape index (κ1) is 14.6. The van der Waals surface area contributed by atoms with Gasteiger partial charge in [0.1, 0.15) is 5.52 Å². The Bertz CT molecular complexity index is 649. The van der Waals surface area contributed by atoms with Gasteiger partial charge in [-0.3, -0.25) is 0 Å². The van der Waals surface area contributed by atoms with Gasteiger partial charge in [-0.05, 0) is 38.1 Å². The van der Waals surface area contributed by atoms with E-state index in [1.54, 1.807) is 6.07 Å². The summed E-state index contributed by atoms with van der Waals surface area (Å²) in [7, 11) is 1.32. The molecular weight excluding hydrogens is 286 g/mol. The molecule has 2 aromatic rings. The number of fused-ring (bicyclic) bond motifs is 1. The average molecular weight is 305 g/mol. The number of esters is 1. The molecular formula is C15H19N3O4. The van der Waals surface area contributed by atoms with Crippen LogP contribution in [0, 0.1) is 0 Å². The van der Waals surface area contributed by atoms with Crippen molar-refractivity contribution in [3.05, 3.63) is 18.2 Å². The minimum Gasteiger partial charge on any atom is -0.478 e. The molecule has 1 aliphatic heterocycles. The summed E-state index contributed by atoms with van der Waals surface area (Å²) < 4.78 is 15.7. The minimum atomic E-state index is -0.440. The first-order valence-electron chi connectivity index (χ1n) is 7.32. The van der Waals surface area contributed by atoms with Crippen molar-refractivity contribution in [3.8, 4) is 5.75 Å². The molecule has 0 unspecified atom stereocenters. The van der Waals surface area contributed by atoms with Gasteiger partial charge >= 0.3 is 5.97 Å². The Balaban J connectivity index is 1.75. The van der Waals surface area contributed by atoms with Crippen LogP contribution in [0.3, 0.4) is 0 Å². The first-order valence-corrected chi connectivity index (χ1v) is 7.32. The van der Waals surface area contributed by atoms with Crippen molar-refractivity contribution in [2.24, 2.45) is 0 Å². The summed E-state index contributed by atoms with van der Waals surface area (Å²) in [6.07, 6.45) is 2.06. The molecule has 2 heterocycles. The smallest absolute Gasteiger partial charge is 0.343 e. The van der Waals surface area contributed by atoms with Gasteiger partial charge in [-0.25, -0.2) is 4.79 Å². The Morgan fingerprint density at radius 1 is 1.45 bits per heavy atom. The molecule has 0 bridgehead atoms. The Hall–Kier alpha value is -2.28. The molecule has 7 nitrogen and oxygen atoms in total. The first-order chi connectivity index (χ1) is 10.8. The van der Waals surface area contributed by atoms with Gasteiger partial charge in [0.05, 0.1) is 7.11 Å². The van der Waals surface area contributed by atoms with Crippen molar-refractivity contribution in [1.29, 1.82) is 0 Å². The van der Waals surface area contributed by atoms with Gasteiger partial charge in [-0.2, -0.15) is 4.98 Å². The van der Waals surface area contributed by atoms with Gasteiger partial charge in [0.25, 0.3) is 6.01 Å². The quantitative estimate of drug-likeness (QED) is 0.810. The molecule has 2 N–H and O–H groups in total. The highest BCUT2D eigenvalue weighted by atomic mass is 16.6. The van der Waals surface area contributed by atoms with Crippen LogP contribution in [-0.2, 0) is 9.53 Å². The summed E-state index contributed by atoms with van der Waals surface area (Å²) in [5, 5.41) is 6.62. The zero-order valence-electron chi connectivity index (χ0n) is 12.4. The number of ether oxygens (including phenoxy) is 2. The lowest BCUT2D eigenvalue weighted by Gasteiger charge is -2.22. The highest BCUT2D eigenvalue weighted by molar-refractivity contribution is 5.81. The maximum Gasteiger partial charge on any atom is 0.343 e. The van der Waals surface area contributed by atoms with E-state index in [-0.39, 0.29) is 6.61 Å². The fraction of sp³-hybridized carbons (Fsp3) is 0.467. The third kappa shape index (κ3) is 3.30. The van der Waals surface area contributed by atoms with E-state index in [0.717, 1.165) is 25.9 Å². The van der Waals surface area contributed by atoms with Crippen LogP contribution >= 0.6 is 0 Å². The van der Waals surface area contributed by atoms with Crippen LogP contribution in [-0.4, -0.2) is 43.8 Å². The monoisotopic (exact) mass is 305 g/mol. The number of piperidine rings is 1. The topological polar surface area (TPSA) is 85.6 Å². The van der Waals surface area contributed by atoms with E-state index in [0.29, 0.717) is 28.9 Å². The number of benzene rings is 1. The Morgan fingerprint density at radius 2 is 2.27 bits per heavy atom. The van der Waals surface area contributed by atoms with Crippen molar-refractivity contribution in [3.63, 3.8) is 0 Å². The van der Waals surface area contributed by atoms with Crippen molar-refractivity contribution in [2.75, 3.05) is 32.1 Å². The maximum absolute atomic E-state index is 11.2. The highest BCUT2D eigenvalue weighted by Gasteiger charge is 2.17. The van der Waals surface area contributed by atoms with Crippen molar-refractivity contribution < 1.29 is 18.7 Å². The number of nitrogens with zero attached hydrogens (tertiary/aromatic N) is 1. The number of anilines is 1. The van der Waals surface area contributed by atoms with E-state index in [1.165, 1.54) is 7.11 Å². The van der Waals surface area contributed by atoms with E-state index < -0.39 is 5.97 Å². The SMILES string of the molecule is COC(=O)COc1cccc2nc(NC3CCNCC3)oc12. The number of nitrogens with one attached hydrogen (secondary N) is 2. The molecule has 7 heteroatoms. The van der Waals surface area contributed by atoms with E-state index in [2.05, 4.69) is 20.4 Å². The second-order valence-electron chi connectivity index (χ2n) is 5.16. The molecule has 1 fully saturated rings. The number of para-hydroxylation sites is 1. The van der Waals surface area contributed by atoms with E-state index >= 15 is 0 Å². The number of methoxy groups -OCH3 is 1. The number of rotatable bonds is 5. The molecule has 1 aromatic carbocycles. The Kier molecular flexibility index (Phi) is 4.43. The molecule has 0 aliphatic carbocycles. The molecule has 0 atom stereocenters. The summed E-state index contributed by atoms with van der Waals surface area (Å²) in [6, 6.07) is 6.23. The molecule has 0 spiro atoms. The van der Waals surface area contributed by atoms with Gasteiger partial charge in [0.15, 0.2) is 17.9 Å². The predicted molar refractivity (Wildman–Crippen MR) is 81.0 cm³/mol. The largest absolute Gasteiger partial charge is 0.478 e. The van der Waals surface area contributed by atoms with Crippen molar-refractivity contribution in [2.45, 2.75) is 18.9 Å². The molecule has 0 saturated carbocycles. The van der Waals surface area contributed by atoms with Gasteiger partial charge in [0.2, 0.25) is 0 Å². The second kappa shape index (κ2) is 6.65. The van der Waals surface area contributed by atoms with Crippen molar-refractivity contribution >= 4 is 23.1 Å². The molecule has 1 aromatic heterocycles. The Morgan fingerprint density at radius 3 is 3.05 bits per heavy atom. The third-order valence-corrected chi connectivity index (χ3v) is 3.62. The van der Waals surface area contributed by atoms with Gasteiger partial charge in [-0.15, -0.1) is 0 Å². The van der Waals surface area contributed by atoms with E-state index in [4.69, 9.17) is 9.15 Å². The van der Waals surface area contributed by atoms with Crippen LogP contribution in [0.5, 0.6) is 5.75 Å². The van der Waals surface area contributed by atoms with Crippen LogP contribution in [0.2, 0.25) is 0 Å². The standard InChI is InChI=1S/C15H19N3O4/c1-20-13(19)9-21-12-4-2-3-11-14(12)22-15(18-11)17-10-5-7-16-8-6-10/h2-4,10,16H,5-9H2,1H3,(H,17,18). The molecule has 1 saturated heterocycles. The zero-order valence-corrected chi connectivity index (χ0v) is 12.4. The fourth-order valence-corrected chi connectivity index (χ4v) is 2.44. The number of aromatic nitrogens is 1. The number of carbonyl (C=O) groups is 1. The van der Waals surface area contributed by atoms with E-state index in [1.807, 2.05) is 12.1 Å². The van der Waals surface area contributed by atoms with Crippen LogP contribution in [0.1, 0.15) is 12.8 Å². The van der Waals surface area contributed by atoms with Gasteiger partial charge in [-0.1, -0.05) is 6.07 Å². The second-order valence-corrected chi connectivity index (χ2v) is 5.16. The number of carbonyl (C=O) groups excluding carboxylic acids is 1. The molecule has 3 rings (SSSR count). The number of hydrogen-bond donors (Lipinski definition) is 2. The molecule has 118 valence electrons. The highest BCUT2D eigenvalue weighted by Crippen LogP contribution is 2.29. The molecule has 1 aliphatic rings. The summed E-state index contributed by atoms with van der Waals surface area (Å²) in [6.45, 7) is 1.82. The third-order valence-electron chi connectivity index (χ3n) is 3.62. The molecule has 0 radical (unpaired) electrons. The summed E-state index contributed by atoms with van der Waals surface area (Å²) >= 11 is 0. The van der Waals surface area contributed by atoms with E-state index in [9.17, 15) is 4.79 Å².